The van der Waals surface area contributed by atoms with Gasteiger partial charge in [0.15, 0.2) is 0 Å². The molecule has 2 N–H and O–H groups in total. The van der Waals surface area contributed by atoms with E-state index >= 15 is 0 Å². The van der Waals surface area contributed by atoms with Gasteiger partial charge in [0.25, 0.3) is 0 Å². The van der Waals surface area contributed by atoms with Crippen LogP contribution in [0.4, 0.5) is 0 Å². The van der Waals surface area contributed by atoms with Crippen LogP contribution in [-0.2, 0) is 0 Å². The van der Waals surface area contributed by atoms with E-state index in [4.69, 9.17) is 0 Å². The Morgan fingerprint density at radius 1 is 1.20 bits per heavy atom. The van der Waals surface area contributed by atoms with E-state index < -0.39 is 0 Å². The summed E-state index contributed by atoms with van der Waals surface area (Å²) in [5, 5.41) is 13.4. The number of rotatable bonds is 4. The predicted octanol–water partition coefficient (Wildman–Crippen LogP) is 2.17. The molecule has 2 rings (SSSR count). The Hall–Kier alpha value is -0.0800. The van der Waals surface area contributed by atoms with E-state index in [9.17, 15) is 5.11 Å². The first kappa shape index (κ1) is 11.4. The molecular formula is C13H25NO. The van der Waals surface area contributed by atoms with Crippen molar-refractivity contribution in [3.05, 3.63) is 0 Å². The topological polar surface area (TPSA) is 32.3 Å². The number of hydrogen-bond acceptors (Lipinski definition) is 2. The summed E-state index contributed by atoms with van der Waals surface area (Å²) in [6.45, 7) is 5.50. The lowest BCUT2D eigenvalue weighted by Crippen LogP contribution is -2.43. The fraction of sp³-hybridized carbons (Fsp3) is 1.00. The van der Waals surface area contributed by atoms with Gasteiger partial charge >= 0.3 is 0 Å². The lowest BCUT2D eigenvalue weighted by molar-refractivity contribution is 0.130. The minimum Gasteiger partial charge on any atom is -0.392 e. The van der Waals surface area contributed by atoms with Gasteiger partial charge < -0.3 is 10.4 Å². The van der Waals surface area contributed by atoms with E-state index in [0.717, 1.165) is 18.4 Å². The highest BCUT2D eigenvalue weighted by Crippen LogP contribution is 2.33. The van der Waals surface area contributed by atoms with Crippen LogP contribution in [0.5, 0.6) is 0 Å². The van der Waals surface area contributed by atoms with Gasteiger partial charge in [-0.15, -0.1) is 0 Å². The van der Waals surface area contributed by atoms with Crippen LogP contribution >= 0.6 is 0 Å². The van der Waals surface area contributed by atoms with Gasteiger partial charge in [-0.25, -0.2) is 0 Å². The number of aliphatic hydroxyl groups is 1. The molecule has 0 aromatic heterocycles. The second-order valence-corrected chi connectivity index (χ2v) is 5.82. The van der Waals surface area contributed by atoms with Crippen LogP contribution in [0.1, 0.15) is 46.0 Å². The van der Waals surface area contributed by atoms with Crippen LogP contribution in [-0.4, -0.2) is 23.8 Å². The molecule has 0 aromatic rings. The Bertz CT molecular complexity index is 203. The number of aliphatic hydroxyl groups excluding tert-OH is 1. The van der Waals surface area contributed by atoms with Gasteiger partial charge in [-0.05, 0) is 43.4 Å². The molecule has 0 saturated heterocycles. The molecular weight excluding hydrogens is 186 g/mol. The molecule has 4 unspecified atom stereocenters. The molecule has 2 fully saturated rings. The van der Waals surface area contributed by atoms with Crippen molar-refractivity contribution >= 4 is 0 Å². The smallest absolute Gasteiger partial charge is 0.0692 e. The molecule has 0 bridgehead atoms. The number of nitrogens with one attached hydrogen (secondary N) is 1. The van der Waals surface area contributed by atoms with Crippen LogP contribution in [0.25, 0.3) is 0 Å². The summed E-state index contributed by atoms with van der Waals surface area (Å²) in [4.78, 5) is 0. The summed E-state index contributed by atoms with van der Waals surface area (Å²) in [6.07, 6.45) is 6.40. The molecule has 2 heteroatoms. The van der Waals surface area contributed by atoms with Crippen molar-refractivity contribution in [3.63, 3.8) is 0 Å². The standard InChI is InChI=1S/C13H25NO/c1-9-3-4-10(2)12(7-9)14-8-13(15)11-5-6-11/h9-15H,3-8H2,1-2H3. The third-order valence-corrected chi connectivity index (χ3v) is 4.21. The van der Waals surface area contributed by atoms with Crippen LogP contribution in [0, 0.1) is 17.8 Å². The van der Waals surface area contributed by atoms with E-state index in [1.54, 1.807) is 0 Å². The van der Waals surface area contributed by atoms with Crippen molar-refractivity contribution in [1.82, 2.24) is 5.32 Å². The monoisotopic (exact) mass is 211 g/mol. The minimum atomic E-state index is -0.0885. The Morgan fingerprint density at radius 2 is 1.93 bits per heavy atom. The van der Waals surface area contributed by atoms with Crippen LogP contribution in [0.2, 0.25) is 0 Å². The highest BCUT2D eigenvalue weighted by molar-refractivity contribution is 4.86. The van der Waals surface area contributed by atoms with E-state index in [-0.39, 0.29) is 6.10 Å². The normalized spacial score (nSPS) is 39.0. The quantitative estimate of drug-likeness (QED) is 0.747. The summed E-state index contributed by atoms with van der Waals surface area (Å²) in [5.74, 6) is 2.25. The molecule has 2 saturated carbocycles. The third-order valence-electron chi connectivity index (χ3n) is 4.21. The maximum absolute atomic E-state index is 9.81. The van der Waals surface area contributed by atoms with Crippen molar-refractivity contribution in [3.8, 4) is 0 Å². The van der Waals surface area contributed by atoms with Crippen LogP contribution < -0.4 is 5.32 Å². The van der Waals surface area contributed by atoms with E-state index in [2.05, 4.69) is 19.2 Å². The van der Waals surface area contributed by atoms with E-state index in [1.165, 1.54) is 32.1 Å². The predicted molar refractivity (Wildman–Crippen MR) is 62.7 cm³/mol. The lowest BCUT2D eigenvalue weighted by Gasteiger charge is -2.34. The zero-order valence-electron chi connectivity index (χ0n) is 10.1. The molecule has 0 radical (unpaired) electrons. The first-order chi connectivity index (χ1) is 7.16. The first-order valence-corrected chi connectivity index (χ1v) is 6.58. The van der Waals surface area contributed by atoms with Crippen LogP contribution in [0.15, 0.2) is 0 Å². The van der Waals surface area contributed by atoms with Gasteiger partial charge in [-0.2, -0.15) is 0 Å². The molecule has 0 aliphatic heterocycles. The molecule has 0 amide bonds. The van der Waals surface area contributed by atoms with Gasteiger partial charge in [-0.1, -0.05) is 20.3 Å². The highest BCUT2D eigenvalue weighted by atomic mass is 16.3. The average molecular weight is 211 g/mol. The SMILES string of the molecule is CC1CCC(C)C(NCC(O)C2CC2)C1. The molecule has 2 nitrogen and oxygen atoms in total. The number of hydrogen-bond donors (Lipinski definition) is 2. The van der Waals surface area contributed by atoms with Gasteiger partial charge in [0, 0.05) is 12.6 Å². The Balaban J connectivity index is 1.71. The summed E-state index contributed by atoms with van der Waals surface area (Å²) < 4.78 is 0. The maximum atomic E-state index is 9.81. The van der Waals surface area contributed by atoms with Crippen molar-refractivity contribution in [2.75, 3.05) is 6.54 Å². The molecule has 0 aromatic carbocycles. The maximum Gasteiger partial charge on any atom is 0.0692 e. The molecule has 15 heavy (non-hydrogen) atoms. The average Bonchev–Trinajstić information content (AvgIpc) is 3.02. The van der Waals surface area contributed by atoms with Crippen LogP contribution in [0.3, 0.4) is 0 Å². The summed E-state index contributed by atoms with van der Waals surface area (Å²) >= 11 is 0. The Kier molecular flexibility index (Phi) is 3.68. The highest BCUT2D eigenvalue weighted by Gasteiger charge is 2.31. The Morgan fingerprint density at radius 3 is 2.60 bits per heavy atom. The second-order valence-electron chi connectivity index (χ2n) is 5.82. The van der Waals surface area contributed by atoms with Gasteiger partial charge in [0.1, 0.15) is 0 Å². The largest absolute Gasteiger partial charge is 0.392 e. The third kappa shape index (κ3) is 3.18. The second kappa shape index (κ2) is 4.84. The summed E-state index contributed by atoms with van der Waals surface area (Å²) in [5.41, 5.74) is 0. The van der Waals surface area contributed by atoms with E-state index in [1.807, 2.05) is 0 Å². The molecule has 2 aliphatic rings. The zero-order chi connectivity index (χ0) is 10.8. The van der Waals surface area contributed by atoms with Crippen molar-refractivity contribution < 1.29 is 5.11 Å². The zero-order valence-corrected chi connectivity index (χ0v) is 10.1. The van der Waals surface area contributed by atoms with Crippen molar-refractivity contribution in [2.45, 2.75) is 58.1 Å². The summed E-state index contributed by atoms with van der Waals surface area (Å²) in [6, 6.07) is 0.641. The summed E-state index contributed by atoms with van der Waals surface area (Å²) in [7, 11) is 0. The fourth-order valence-electron chi connectivity index (χ4n) is 2.74. The Labute approximate surface area is 93.5 Å². The first-order valence-electron chi connectivity index (χ1n) is 6.58. The van der Waals surface area contributed by atoms with E-state index in [0.29, 0.717) is 12.0 Å². The van der Waals surface area contributed by atoms with Gasteiger partial charge in [0.2, 0.25) is 0 Å². The lowest BCUT2D eigenvalue weighted by atomic mass is 9.80. The molecule has 4 atom stereocenters. The van der Waals surface area contributed by atoms with Gasteiger partial charge in [-0.3, -0.25) is 0 Å². The molecule has 88 valence electrons. The van der Waals surface area contributed by atoms with Crippen molar-refractivity contribution in [2.24, 2.45) is 17.8 Å². The molecule has 0 heterocycles. The molecule has 0 spiro atoms. The molecule has 2 aliphatic carbocycles. The van der Waals surface area contributed by atoms with Gasteiger partial charge in [0.05, 0.1) is 6.10 Å². The van der Waals surface area contributed by atoms with Crippen molar-refractivity contribution in [1.29, 1.82) is 0 Å². The fourth-order valence-corrected chi connectivity index (χ4v) is 2.74. The minimum absolute atomic E-state index is 0.0885.